The average molecular weight is 499 g/mol. The molecule has 1 aliphatic rings. The fourth-order valence-electron chi connectivity index (χ4n) is 4.34. The first-order valence-electron chi connectivity index (χ1n) is 13.1. The Kier molecular flexibility index (Phi) is 11.2. The lowest BCUT2D eigenvalue weighted by Crippen LogP contribution is -2.40. The van der Waals surface area contributed by atoms with Crippen molar-refractivity contribution in [2.24, 2.45) is 0 Å². The van der Waals surface area contributed by atoms with Crippen molar-refractivity contribution < 1.29 is 23.5 Å². The van der Waals surface area contributed by atoms with E-state index in [-0.39, 0.29) is 36.6 Å². The Hall–Kier alpha value is -2.93. The van der Waals surface area contributed by atoms with Gasteiger partial charge >= 0.3 is 11.9 Å². The number of halogens is 1. The molecule has 0 aromatic heterocycles. The van der Waals surface area contributed by atoms with Crippen LogP contribution in [0.1, 0.15) is 56.2 Å². The molecule has 3 rings (SSSR count). The van der Waals surface area contributed by atoms with E-state index < -0.39 is 0 Å². The van der Waals surface area contributed by atoms with Crippen LogP contribution < -0.4 is 5.32 Å². The van der Waals surface area contributed by atoms with Gasteiger partial charge < -0.3 is 19.7 Å². The van der Waals surface area contributed by atoms with E-state index in [0.29, 0.717) is 13.2 Å². The molecule has 1 N–H and O–H groups in total. The van der Waals surface area contributed by atoms with Gasteiger partial charge in [-0.2, -0.15) is 0 Å². The number of hydrogen-bond acceptors (Lipinski definition) is 6. The molecule has 0 amide bonds. The number of nitrogens with one attached hydrogen (secondary N) is 1. The fraction of sp³-hybridized carbons (Fsp3) is 0.517. The molecule has 1 fully saturated rings. The highest BCUT2D eigenvalue weighted by molar-refractivity contribution is 5.77. The molecule has 0 spiro atoms. The quantitative estimate of drug-likeness (QED) is 0.395. The van der Waals surface area contributed by atoms with Crippen molar-refractivity contribution >= 4 is 17.6 Å². The molecule has 0 radical (unpaired) electrons. The lowest BCUT2D eigenvalue weighted by Gasteiger charge is -2.33. The van der Waals surface area contributed by atoms with Crippen LogP contribution >= 0.6 is 0 Å². The molecule has 6 nitrogen and oxygen atoms in total. The van der Waals surface area contributed by atoms with Crippen LogP contribution in [-0.2, 0) is 38.3 Å². The van der Waals surface area contributed by atoms with Crippen LogP contribution in [0.4, 0.5) is 10.1 Å². The minimum Gasteiger partial charge on any atom is -0.465 e. The van der Waals surface area contributed by atoms with Crippen LogP contribution in [-0.4, -0.2) is 55.7 Å². The maximum Gasteiger partial charge on any atom is 0.310 e. The summed E-state index contributed by atoms with van der Waals surface area (Å²) >= 11 is 0. The van der Waals surface area contributed by atoms with Crippen LogP contribution in [0.25, 0.3) is 0 Å². The van der Waals surface area contributed by atoms with Gasteiger partial charge in [0.25, 0.3) is 0 Å². The highest BCUT2D eigenvalue weighted by atomic mass is 19.1. The maximum absolute atomic E-state index is 13.1. The van der Waals surface area contributed by atoms with E-state index in [9.17, 15) is 14.0 Å². The summed E-state index contributed by atoms with van der Waals surface area (Å²) in [6.07, 6.45) is 4.84. The second-order valence-electron chi connectivity index (χ2n) is 9.42. The molecular formula is C29H39FN2O4. The summed E-state index contributed by atoms with van der Waals surface area (Å²) in [5, 5.41) is 3.64. The number of rotatable bonds is 13. The first-order valence-corrected chi connectivity index (χ1v) is 13.1. The van der Waals surface area contributed by atoms with E-state index in [2.05, 4.69) is 10.2 Å². The maximum atomic E-state index is 13.1. The minimum atomic E-state index is -0.245. The van der Waals surface area contributed by atoms with Crippen LogP contribution in [0.15, 0.2) is 42.5 Å². The van der Waals surface area contributed by atoms with E-state index in [1.165, 1.54) is 12.1 Å². The Morgan fingerprint density at radius 3 is 2.17 bits per heavy atom. The van der Waals surface area contributed by atoms with Gasteiger partial charge in [0.1, 0.15) is 5.82 Å². The van der Waals surface area contributed by atoms with Gasteiger partial charge in [0.05, 0.1) is 26.1 Å². The molecule has 1 saturated heterocycles. The van der Waals surface area contributed by atoms with Crippen molar-refractivity contribution in [3.8, 4) is 0 Å². The Balaban J connectivity index is 1.59. The molecule has 1 aliphatic heterocycles. The number of likely N-dealkylation sites (tertiary alicyclic amines) is 1. The van der Waals surface area contributed by atoms with Crippen LogP contribution in [0, 0.1) is 5.82 Å². The molecule has 36 heavy (non-hydrogen) atoms. The van der Waals surface area contributed by atoms with Crippen LogP contribution in [0.2, 0.25) is 0 Å². The zero-order valence-electron chi connectivity index (χ0n) is 21.6. The second-order valence-corrected chi connectivity index (χ2v) is 9.42. The van der Waals surface area contributed by atoms with Gasteiger partial charge in [0.15, 0.2) is 0 Å². The van der Waals surface area contributed by atoms with E-state index in [0.717, 1.165) is 74.1 Å². The summed E-state index contributed by atoms with van der Waals surface area (Å²) in [7, 11) is 0. The number of benzene rings is 2. The van der Waals surface area contributed by atoms with Gasteiger partial charge in [-0.3, -0.25) is 9.59 Å². The number of piperidine rings is 1. The van der Waals surface area contributed by atoms with Crippen molar-refractivity contribution in [3.05, 3.63) is 65.0 Å². The van der Waals surface area contributed by atoms with Gasteiger partial charge in [-0.05, 0) is 67.0 Å². The smallest absolute Gasteiger partial charge is 0.310 e. The molecule has 0 saturated carbocycles. The second kappa shape index (κ2) is 14.6. The summed E-state index contributed by atoms with van der Waals surface area (Å²) in [5.41, 5.74) is 3.76. The van der Waals surface area contributed by atoms with Gasteiger partial charge in [-0.1, -0.05) is 38.1 Å². The van der Waals surface area contributed by atoms with Crippen LogP contribution in [0.3, 0.4) is 0 Å². The van der Waals surface area contributed by atoms with E-state index >= 15 is 0 Å². The number of carbonyl (C=O) groups excluding carboxylic acids is 2. The summed E-state index contributed by atoms with van der Waals surface area (Å²) in [4.78, 5) is 26.9. The number of nitrogens with zero attached hydrogens (tertiary/aromatic N) is 1. The van der Waals surface area contributed by atoms with Crippen LogP contribution in [0.5, 0.6) is 0 Å². The van der Waals surface area contributed by atoms with Crippen molar-refractivity contribution in [1.29, 1.82) is 0 Å². The standard InChI is InChI=1S/C29H39FN2O4/c1-3-17-35-28(33)20-23-5-8-24(21-29(34)36-18-4-2)27(19-23)31-26-12-15-32(16-13-26)14-11-22-6-9-25(30)10-7-22/h5-10,19,26,31H,3-4,11-18,20-21H2,1-2H3. The minimum absolute atomic E-state index is 0.194. The largest absolute Gasteiger partial charge is 0.465 e. The summed E-state index contributed by atoms with van der Waals surface area (Å²) in [6, 6.07) is 12.8. The number of esters is 2. The lowest BCUT2D eigenvalue weighted by molar-refractivity contribution is -0.143. The van der Waals surface area contributed by atoms with E-state index in [4.69, 9.17) is 9.47 Å². The van der Waals surface area contributed by atoms with E-state index in [1.807, 2.05) is 44.2 Å². The number of hydrogen-bond donors (Lipinski definition) is 1. The van der Waals surface area contributed by atoms with Gasteiger partial charge in [0.2, 0.25) is 0 Å². The number of carbonyl (C=O) groups is 2. The Morgan fingerprint density at radius 2 is 1.53 bits per heavy atom. The molecule has 1 heterocycles. The normalized spacial score (nSPS) is 14.4. The third kappa shape index (κ3) is 9.26. The first kappa shape index (κ1) is 27.7. The molecule has 0 bridgehead atoms. The highest BCUT2D eigenvalue weighted by Gasteiger charge is 2.21. The molecular weight excluding hydrogens is 459 g/mol. The van der Waals surface area contributed by atoms with Crippen molar-refractivity contribution in [2.45, 2.75) is 64.8 Å². The summed E-state index contributed by atoms with van der Waals surface area (Å²) in [5.74, 6) is -0.691. The zero-order valence-corrected chi connectivity index (χ0v) is 21.6. The Morgan fingerprint density at radius 1 is 0.917 bits per heavy atom. The van der Waals surface area contributed by atoms with Crippen molar-refractivity contribution in [2.75, 3.05) is 38.2 Å². The predicted octanol–water partition coefficient (Wildman–Crippen LogP) is 4.94. The first-order chi connectivity index (χ1) is 17.5. The molecule has 196 valence electrons. The van der Waals surface area contributed by atoms with Crippen molar-refractivity contribution in [3.63, 3.8) is 0 Å². The van der Waals surface area contributed by atoms with Crippen molar-refractivity contribution in [1.82, 2.24) is 4.90 Å². The molecule has 0 aliphatic carbocycles. The molecule has 2 aromatic rings. The van der Waals surface area contributed by atoms with E-state index in [1.54, 1.807) is 0 Å². The highest BCUT2D eigenvalue weighted by Crippen LogP contribution is 2.24. The third-order valence-electron chi connectivity index (χ3n) is 6.37. The van der Waals surface area contributed by atoms with Gasteiger partial charge in [-0.15, -0.1) is 0 Å². The number of ether oxygens (including phenoxy) is 2. The number of anilines is 1. The summed E-state index contributed by atoms with van der Waals surface area (Å²) < 4.78 is 23.7. The third-order valence-corrected chi connectivity index (χ3v) is 6.37. The SMILES string of the molecule is CCCOC(=O)Cc1ccc(CC(=O)OCCC)c(NC2CCN(CCc3ccc(F)cc3)CC2)c1. The molecule has 2 aromatic carbocycles. The molecule has 0 unspecified atom stereocenters. The molecule has 7 heteroatoms. The topological polar surface area (TPSA) is 67.9 Å². The Labute approximate surface area is 214 Å². The fourth-order valence-corrected chi connectivity index (χ4v) is 4.34. The monoisotopic (exact) mass is 498 g/mol. The predicted molar refractivity (Wildman–Crippen MR) is 140 cm³/mol. The van der Waals surface area contributed by atoms with Gasteiger partial charge in [0, 0.05) is 31.4 Å². The summed E-state index contributed by atoms with van der Waals surface area (Å²) in [6.45, 7) is 7.66. The zero-order chi connectivity index (χ0) is 25.8. The Bertz CT molecular complexity index is 972. The lowest BCUT2D eigenvalue weighted by atomic mass is 10.00. The average Bonchev–Trinajstić information content (AvgIpc) is 2.88. The molecule has 0 atom stereocenters. The van der Waals surface area contributed by atoms with Gasteiger partial charge in [-0.25, -0.2) is 4.39 Å².